The van der Waals surface area contributed by atoms with Crippen LogP contribution in [0.2, 0.25) is 0 Å². The summed E-state index contributed by atoms with van der Waals surface area (Å²) in [4.78, 5) is 12.5. The number of unbranched alkanes of at least 4 members (excludes halogenated alkanes) is 1. The topological polar surface area (TPSA) is 87.8 Å². The highest BCUT2D eigenvalue weighted by atomic mass is 16.5. The molecule has 2 N–H and O–H groups in total. The van der Waals surface area contributed by atoms with E-state index in [4.69, 9.17) is 9.51 Å². The Bertz CT molecular complexity index is 1250. The summed E-state index contributed by atoms with van der Waals surface area (Å²) in [7, 11) is 0. The molecule has 0 atom stereocenters. The average Bonchev–Trinajstić information content (AvgIpc) is 3.73. The molecule has 0 saturated heterocycles. The van der Waals surface area contributed by atoms with Crippen LogP contribution < -0.4 is 0 Å². The highest BCUT2D eigenvalue weighted by Crippen LogP contribution is 2.41. The van der Waals surface area contributed by atoms with Crippen LogP contribution in [0.5, 0.6) is 0 Å². The first kappa shape index (κ1) is 22.8. The lowest BCUT2D eigenvalue weighted by molar-refractivity contribution is 0.136. The number of aromatic amines is 1. The molecule has 3 aromatic heterocycles. The predicted octanol–water partition coefficient (Wildman–Crippen LogP) is 6.34. The molecule has 0 bridgehead atoms. The molecule has 178 valence electrons. The molecule has 6 heteroatoms. The first-order valence-electron chi connectivity index (χ1n) is 12.5. The zero-order chi connectivity index (χ0) is 23.7. The second kappa shape index (κ2) is 9.34. The van der Waals surface area contributed by atoms with Gasteiger partial charge in [-0.05, 0) is 101 Å². The average molecular weight is 459 g/mol. The number of nitrogens with zero attached hydrogens (tertiary/aromatic N) is 3. The number of aryl methyl sites for hydroxylation is 4. The fraction of sp³-hybridized carbons (Fsp3) is 0.464. The van der Waals surface area contributed by atoms with E-state index in [1.54, 1.807) is 6.20 Å². The van der Waals surface area contributed by atoms with Gasteiger partial charge in [0.25, 0.3) is 0 Å². The van der Waals surface area contributed by atoms with Gasteiger partial charge >= 0.3 is 0 Å². The summed E-state index contributed by atoms with van der Waals surface area (Å²) >= 11 is 0. The fourth-order valence-corrected chi connectivity index (χ4v) is 4.60. The lowest BCUT2D eigenvalue weighted by atomic mass is 9.97. The normalized spacial score (nSPS) is 16.4. The van der Waals surface area contributed by atoms with E-state index in [1.165, 1.54) is 18.4 Å². The Morgan fingerprint density at radius 2 is 1.94 bits per heavy atom. The number of imidazole rings is 1. The van der Waals surface area contributed by atoms with E-state index < -0.39 is 0 Å². The summed E-state index contributed by atoms with van der Waals surface area (Å²) in [5, 5.41) is 14.2. The van der Waals surface area contributed by atoms with Gasteiger partial charge in [0, 0.05) is 23.4 Å². The van der Waals surface area contributed by atoms with Crippen LogP contribution in [0.15, 0.2) is 41.1 Å². The predicted molar refractivity (Wildman–Crippen MR) is 134 cm³/mol. The summed E-state index contributed by atoms with van der Waals surface area (Å²) in [5.41, 5.74) is 7.40. The fourth-order valence-electron chi connectivity index (χ4n) is 4.60. The van der Waals surface area contributed by atoms with Crippen LogP contribution in [0, 0.1) is 20.8 Å². The molecule has 3 heterocycles. The zero-order valence-electron chi connectivity index (χ0n) is 20.4. The Balaban J connectivity index is 0.000000297. The van der Waals surface area contributed by atoms with Crippen LogP contribution in [-0.4, -0.2) is 30.8 Å². The number of fused-ring (bicyclic) bond motifs is 1. The van der Waals surface area contributed by atoms with Gasteiger partial charge in [0.2, 0.25) is 0 Å². The van der Waals surface area contributed by atoms with E-state index in [0.717, 1.165) is 83.7 Å². The largest absolute Gasteiger partial charge is 0.390 e. The molecule has 0 amide bonds. The van der Waals surface area contributed by atoms with Crippen LogP contribution in [0.1, 0.15) is 79.4 Å². The van der Waals surface area contributed by atoms with Crippen molar-refractivity contribution >= 4 is 11.0 Å². The Morgan fingerprint density at radius 3 is 2.53 bits per heavy atom. The van der Waals surface area contributed by atoms with Crippen molar-refractivity contribution in [1.29, 1.82) is 0 Å². The van der Waals surface area contributed by atoms with Crippen LogP contribution in [0.3, 0.4) is 0 Å². The van der Waals surface area contributed by atoms with Gasteiger partial charge in [-0.2, -0.15) is 0 Å². The summed E-state index contributed by atoms with van der Waals surface area (Å²) in [6.45, 7) is 5.94. The van der Waals surface area contributed by atoms with E-state index in [-0.39, 0.29) is 5.60 Å². The molecule has 34 heavy (non-hydrogen) atoms. The van der Waals surface area contributed by atoms with Crippen LogP contribution in [0.25, 0.3) is 22.2 Å². The van der Waals surface area contributed by atoms with Gasteiger partial charge in [-0.25, -0.2) is 4.98 Å². The third-order valence-electron chi connectivity index (χ3n) is 6.95. The molecular formula is C28H34N4O2. The smallest absolute Gasteiger partial charge is 0.141 e. The first-order chi connectivity index (χ1) is 16.4. The van der Waals surface area contributed by atoms with Crippen molar-refractivity contribution < 1.29 is 9.63 Å². The molecule has 0 spiro atoms. The highest BCUT2D eigenvalue weighted by molar-refractivity contribution is 5.86. The van der Waals surface area contributed by atoms with Crippen molar-refractivity contribution in [3.05, 3.63) is 65.1 Å². The number of H-pyrrole nitrogens is 1. The lowest BCUT2D eigenvalue weighted by Gasteiger charge is -2.09. The number of nitrogens with one attached hydrogen (secondary N) is 1. The Kier molecular flexibility index (Phi) is 6.26. The number of hydrogen-bond donors (Lipinski definition) is 2. The van der Waals surface area contributed by atoms with E-state index in [2.05, 4.69) is 27.3 Å². The lowest BCUT2D eigenvalue weighted by Crippen LogP contribution is -2.05. The van der Waals surface area contributed by atoms with Crippen LogP contribution in [-0.2, 0) is 6.42 Å². The van der Waals surface area contributed by atoms with Crippen molar-refractivity contribution in [2.45, 2.75) is 83.7 Å². The zero-order valence-corrected chi connectivity index (χ0v) is 20.4. The number of hydrogen-bond acceptors (Lipinski definition) is 5. The number of rotatable bonds is 7. The standard InChI is InChI=1S/C22H27N3O2.C6H7N/c1-13-19(14(2)27-25-13)17-11-16(5-3-4-8-22(26)9-10-22)20-18(12-17)23-21(24-20)15-6-7-15;1-6-4-2-3-5-7-6/h11-12,15,26H,3-10H2,1-2H3,(H,23,24);2-5H,1H3. The Hall–Kier alpha value is -2.99. The monoisotopic (exact) mass is 458 g/mol. The van der Waals surface area contributed by atoms with Gasteiger partial charge in [-0.3, -0.25) is 4.98 Å². The van der Waals surface area contributed by atoms with Crippen molar-refractivity contribution in [1.82, 2.24) is 20.1 Å². The van der Waals surface area contributed by atoms with Gasteiger partial charge in [-0.15, -0.1) is 0 Å². The van der Waals surface area contributed by atoms with Gasteiger partial charge in [-0.1, -0.05) is 17.6 Å². The van der Waals surface area contributed by atoms with Gasteiger partial charge in [0.05, 0.1) is 22.3 Å². The minimum absolute atomic E-state index is 0.348. The molecule has 0 aliphatic heterocycles. The quantitative estimate of drug-likeness (QED) is 0.316. The molecule has 6 nitrogen and oxygen atoms in total. The van der Waals surface area contributed by atoms with Gasteiger partial charge in [0.15, 0.2) is 0 Å². The molecule has 0 radical (unpaired) electrons. The maximum atomic E-state index is 10.1. The minimum Gasteiger partial charge on any atom is -0.390 e. The molecule has 2 fully saturated rings. The van der Waals surface area contributed by atoms with Crippen molar-refractivity contribution in [3.63, 3.8) is 0 Å². The van der Waals surface area contributed by atoms with Crippen molar-refractivity contribution in [2.75, 3.05) is 0 Å². The second-order valence-corrected chi connectivity index (χ2v) is 10.0. The third kappa shape index (κ3) is 5.22. The van der Waals surface area contributed by atoms with E-state index >= 15 is 0 Å². The summed E-state index contributed by atoms with van der Waals surface area (Å²) < 4.78 is 5.39. The van der Waals surface area contributed by atoms with Crippen molar-refractivity contribution in [2.24, 2.45) is 0 Å². The summed E-state index contributed by atoms with van der Waals surface area (Å²) in [6, 6.07) is 10.3. The molecule has 1 aromatic carbocycles. The minimum atomic E-state index is -0.348. The van der Waals surface area contributed by atoms with Gasteiger partial charge in [0.1, 0.15) is 11.6 Å². The van der Waals surface area contributed by atoms with E-state index in [9.17, 15) is 5.11 Å². The summed E-state index contributed by atoms with van der Waals surface area (Å²) in [5.74, 6) is 2.60. The van der Waals surface area contributed by atoms with Crippen LogP contribution >= 0.6 is 0 Å². The van der Waals surface area contributed by atoms with Crippen LogP contribution in [0.4, 0.5) is 0 Å². The molecule has 2 aliphatic carbocycles. The second-order valence-electron chi connectivity index (χ2n) is 10.0. The first-order valence-corrected chi connectivity index (χ1v) is 12.5. The number of benzene rings is 1. The molecule has 6 rings (SSSR count). The highest BCUT2D eigenvalue weighted by Gasteiger charge is 2.39. The maximum Gasteiger partial charge on any atom is 0.141 e. The third-order valence-corrected chi connectivity index (χ3v) is 6.95. The van der Waals surface area contributed by atoms with E-state index in [1.807, 2.05) is 39.0 Å². The molecule has 2 saturated carbocycles. The molecular weight excluding hydrogens is 424 g/mol. The molecule has 0 unspecified atom stereocenters. The Morgan fingerprint density at radius 1 is 1.12 bits per heavy atom. The van der Waals surface area contributed by atoms with E-state index in [0.29, 0.717) is 5.92 Å². The van der Waals surface area contributed by atoms with Gasteiger partial charge < -0.3 is 14.6 Å². The number of pyridine rings is 1. The Labute approximate surface area is 200 Å². The molecule has 4 aromatic rings. The SMILES string of the molecule is Cc1ccccn1.Cc1noc(C)c1-c1cc(CCCCC2(O)CC2)c2nc(C3CC3)[nH]c2c1. The number of aliphatic hydroxyl groups is 1. The molecule has 2 aliphatic rings. The van der Waals surface area contributed by atoms with Crippen molar-refractivity contribution in [3.8, 4) is 11.1 Å². The summed E-state index contributed by atoms with van der Waals surface area (Å²) in [6.07, 6.45) is 10.3. The number of aromatic nitrogens is 4. The maximum absolute atomic E-state index is 10.1.